The number of hydrogen-bond acceptors (Lipinski definition) is 5. The fourth-order valence-corrected chi connectivity index (χ4v) is 2.99. The predicted molar refractivity (Wildman–Crippen MR) is 92.8 cm³/mol. The van der Waals surface area contributed by atoms with Gasteiger partial charge >= 0.3 is 0 Å². The molecule has 2 aromatic carbocycles. The standard InChI is InChI=1S/C17H17N3O2S/c21-11-12-5-7-13(8-6-12)17(22)19-10-9-18-16-14-3-1-2-4-15(14)23-20-16/h1-8,21H,9-11H2,(H,18,20)(H,19,22). The number of hydrogen-bond donors (Lipinski definition) is 3. The van der Waals surface area contributed by atoms with E-state index in [1.54, 1.807) is 24.3 Å². The third-order valence-corrected chi connectivity index (χ3v) is 4.31. The first-order valence-corrected chi connectivity index (χ1v) is 8.11. The van der Waals surface area contributed by atoms with Gasteiger partial charge in [0.15, 0.2) is 0 Å². The third kappa shape index (κ3) is 3.67. The maximum Gasteiger partial charge on any atom is 0.251 e. The first-order valence-electron chi connectivity index (χ1n) is 7.34. The Morgan fingerprint density at radius 3 is 2.65 bits per heavy atom. The first-order chi connectivity index (χ1) is 11.3. The minimum atomic E-state index is -0.126. The Labute approximate surface area is 138 Å². The van der Waals surface area contributed by atoms with Crippen molar-refractivity contribution < 1.29 is 9.90 Å². The quantitative estimate of drug-likeness (QED) is 0.609. The van der Waals surface area contributed by atoms with Crippen LogP contribution in [0.4, 0.5) is 5.82 Å². The van der Waals surface area contributed by atoms with E-state index in [1.807, 2.05) is 24.3 Å². The van der Waals surface area contributed by atoms with Crippen LogP contribution in [0.5, 0.6) is 0 Å². The molecule has 1 heterocycles. The van der Waals surface area contributed by atoms with Crippen LogP contribution in [0.2, 0.25) is 0 Å². The number of benzene rings is 2. The van der Waals surface area contributed by atoms with Crippen LogP contribution in [-0.2, 0) is 6.61 Å². The lowest BCUT2D eigenvalue weighted by Gasteiger charge is -2.07. The zero-order chi connectivity index (χ0) is 16.1. The molecule has 0 fully saturated rings. The average molecular weight is 327 g/mol. The van der Waals surface area contributed by atoms with Crippen LogP contribution in [0.25, 0.3) is 10.1 Å². The molecule has 0 radical (unpaired) electrons. The van der Waals surface area contributed by atoms with E-state index in [1.165, 1.54) is 11.5 Å². The third-order valence-electron chi connectivity index (χ3n) is 3.48. The molecule has 5 nitrogen and oxygen atoms in total. The number of aliphatic hydroxyl groups is 1. The van der Waals surface area contributed by atoms with Gasteiger partial charge in [-0.15, -0.1) is 0 Å². The molecular formula is C17H17N3O2S. The second-order valence-corrected chi connectivity index (χ2v) is 5.87. The highest BCUT2D eigenvalue weighted by molar-refractivity contribution is 7.13. The number of fused-ring (bicyclic) bond motifs is 1. The molecule has 118 valence electrons. The van der Waals surface area contributed by atoms with Crippen molar-refractivity contribution in [1.29, 1.82) is 0 Å². The van der Waals surface area contributed by atoms with Crippen molar-refractivity contribution >= 4 is 33.3 Å². The summed E-state index contributed by atoms with van der Waals surface area (Å²) < 4.78 is 5.53. The van der Waals surface area contributed by atoms with Crippen LogP contribution in [0.15, 0.2) is 48.5 Å². The molecule has 0 unspecified atom stereocenters. The maximum atomic E-state index is 12.0. The summed E-state index contributed by atoms with van der Waals surface area (Å²) in [6, 6.07) is 15.0. The van der Waals surface area contributed by atoms with E-state index in [-0.39, 0.29) is 12.5 Å². The van der Waals surface area contributed by atoms with Gasteiger partial charge in [-0.25, -0.2) is 0 Å². The molecule has 0 spiro atoms. The summed E-state index contributed by atoms with van der Waals surface area (Å²) in [6.07, 6.45) is 0. The van der Waals surface area contributed by atoms with Crippen LogP contribution in [0.1, 0.15) is 15.9 Å². The second-order valence-electron chi connectivity index (χ2n) is 5.07. The van der Waals surface area contributed by atoms with Crippen molar-refractivity contribution in [2.75, 3.05) is 18.4 Å². The van der Waals surface area contributed by atoms with Crippen LogP contribution in [0.3, 0.4) is 0 Å². The van der Waals surface area contributed by atoms with E-state index in [9.17, 15) is 4.79 Å². The van der Waals surface area contributed by atoms with Crippen molar-refractivity contribution in [1.82, 2.24) is 9.69 Å². The van der Waals surface area contributed by atoms with E-state index in [2.05, 4.69) is 15.0 Å². The van der Waals surface area contributed by atoms with Crippen molar-refractivity contribution in [3.8, 4) is 0 Å². The monoisotopic (exact) mass is 327 g/mol. The Bertz CT molecular complexity index is 799. The largest absolute Gasteiger partial charge is 0.392 e. The van der Waals surface area contributed by atoms with E-state index in [0.717, 1.165) is 21.5 Å². The zero-order valence-corrected chi connectivity index (χ0v) is 13.3. The molecule has 1 aromatic heterocycles. The van der Waals surface area contributed by atoms with Gasteiger partial charge in [-0.3, -0.25) is 4.79 Å². The van der Waals surface area contributed by atoms with Gasteiger partial charge in [0.25, 0.3) is 5.91 Å². The van der Waals surface area contributed by atoms with Gasteiger partial charge in [0.1, 0.15) is 5.82 Å². The van der Waals surface area contributed by atoms with Crippen LogP contribution in [0, 0.1) is 0 Å². The minimum Gasteiger partial charge on any atom is -0.392 e. The molecule has 1 amide bonds. The Kier molecular flexibility index (Phi) is 4.85. The smallest absolute Gasteiger partial charge is 0.251 e. The van der Waals surface area contributed by atoms with Crippen LogP contribution < -0.4 is 10.6 Å². The number of amides is 1. The maximum absolute atomic E-state index is 12.0. The molecule has 3 N–H and O–H groups in total. The average Bonchev–Trinajstić information content (AvgIpc) is 3.02. The molecule has 0 atom stereocenters. The SMILES string of the molecule is O=C(NCCNc1nsc2ccccc12)c1ccc(CO)cc1. The lowest BCUT2D eigenvalue weighted by atomic mass is 10.1. The number of carbonyl (C=O) groups is 1. The normalized spacial score (nSPS) is 10.7. The number of aromatic nitrogens is 1. The van der Waals surface area contributed by atoms with Gasteiger partial charge < -0.3 is 15.7 Å². The summed E-state index contributed by atoms with van der Waals surface area (Å²) in [6.45, 7) is 1.09. The fraction of sp³-hybridized carbons (Fsp3) is 0.176. The Morgan fingerprint density at radius 2 is 1.87 bits per heavy atom. The van der Waals surface area contributed by atoms with Gasteiger partial charge in [-0.05, 0) is 41.4 Å². The molecular weight excluding hydrogens is 310 g/mol. The van der Waals surface area contributed by atoms with E-state index < -0.39 is 0 Å². The molecule has 23 heavy (non-hydrogen) atoms. The van der Waals surface area contributed by atoms with E-state index in [0.29, 0.717) is 18.7 Å². The van der Waals surface area contributed by atoms with Gasteiger partial charge in [-0.1, -0.05) is 24.3 Å². The molecule has 0 saturated carbocycles. The summed E-state index contributed by atoms with van der Waals surface area (Å²) in [5, 5.41) is 16.2. The predicted octanol–water partition coefficient (Wildman–Crippen LogP) is 2.63. The minimum absolute atomic E-state index is 0.0204. The van der Waals surface area contributed by atoms with Crippen molar-refractivity contribution in [3.05, 3.63) is 59.7 Å². The van der Waals surface area contributed by atoms with E-state index >= 15 is 0 Å². The zero-order valence-electron chi connectivity index (χ0n) is 12.5. The molecule has 0 saturated heterocycles. The number of aliphatic hydroxyl groups excluding tert-OH is 1. The molecule has 0 aliphatic rings. The molecule has 0 aliphatic carbocycles. The second kappa shape index (κ2) is 7.21. The molecule has 0 bridgehead atoms. The molecule has 3 rings (SSSR count). The Hall–Kier alpha value is -2.44. The highest BCUT2D eigenvalue weighted by Crippen LogP contribution is 2.25. The van der Waals surface area contributed by atoms with Gasteiger partial charge in [0.2, 0.25) is 0 Å². The molecule has 0 aliphatic heterocycles. The highest BCUT2D eigenvalue weighted by atomic mass is 32.1. The van der Waals surface area contributed by atoms with Crippen molar-refractivity contribution in [2.24, 2.45) is 0 Å². The number of rotatable bonds is 6. The van der Waals surface area contributed by atoms with Gasteiger partial charge in [0, 0.05) is 24.0 Å². The van der Waals surface area contributed by atoms with Crippen LogP contribution >= 0.6 is 11.5 Å². The molecule has 6 heteroatoms. The lowest BCUT2D eigenvalue weighted by molar-refractivity contribution is 0.0955. The van der Waals surface area contributed by atoms with E-state index in [4.69, 9.17) is 5.11 Å². The fourth-order valence-electron chi connectivity index (χ4n) is 2.23. The summed E-state index contributed by atoms with van der Waals surface area (Å²) in [5.74, 6) is 0.728. The lowest BCUT2D eigenvalue weighted by Crippen LogP contribution is -2.28. The number of nitrogens with one attached hydrogen (secondary N) is 2. The summed E-state index contributed by atoms with van der Waals surface area (Å²) in [7, 11) is 0. The molecule has 3 aromatic rings. The number of anilines is 1. The first kappa shape index (κ1) is 15.5. The Balaban J connectivity index is 1.50. The van der Waals surface area contributed by atoms with Gasteiger partial charge in [-0.2, -0.15) is 4.37 Å². The summed E-state index contributed by atoms with van der Waals surface area (Å²) >= 11 is 1.46. The Morgan fingerprint density at radius 1 is 1.09 bits per heavy atom. The number of carbonyl (C=O) groups excluding carboxylic acids is 1. The highest BCUT2D eigenvalue weighted by Gasteiger charge is 2.06. The van der Waals surface area contributed by atoms with Crippen LogP contribution in [-0.4, -0.2) is 28.5 Å². The van der Waals surface area contributed by atoms with Gasteiger partial charge in [0.05, 0.1) is 11.3 Å². The summed E-state index contributed by atoms with van der Waals surface area (Å²) in [5.41, 5.74) is 1.37. The number of nitrogens with zero attached hydrogens (tertiary/aromatic N) is 1. The summed E-state index contributed by atoms with van der Waals surface area (Å²) in [4.78, 5) is 12.0. The van der Waals surface area contributed by atoms with Crippen molar-refractivity contribution in [3.63, 3.8) is 0 Å². The van der Waals surface area contributed by atoms with Crippen molar-refractivity contribution in [2.45, 2.75) is 6.61 Å². The topological polar surface area (TPSA) is 74.2 Å².